The van der Waals surface area contributed by atoms with E-state index in [9.17, 15) is 9.18 Å². The Morgan fingerprint density at radius 3 is 3.10 bits per heavy atom. The van der Waals surface area contributed by atoms with Crippen molar-refractivity contribution in [1.29, 1.82) is 0 Å². The minimum absolute atomic E-state index is 0.0127. The van der Waals surface area contributed by atoms with Crippen molar-refractivity contribution in [1.82, 2.24) is 14.9 Å². The van der Waals surface area contributed by atoms with Gasteiger partial charge in [-0.25, -0.2) is 4.98 Å². The van der Waals surface area contributed by atoms with E-state index in [0.717, 1.165) is 32.0 Å². The third kappa shape index (κ3) is 3.87. The summed E-state index contributed by atoms with van der Waals surface area (Å²) in [5, 5.41) is 3.10. The van der Waals surface area contributed by atoms with E-state index in [1.165, 1.54) is 12.8 Å². The molecule has 2 aliphatic rings. The van der Waals surface area contributed by atoms with Crippen LogP contribution in [0.5, 0.6) is 5.88 Å². The number of carbonyl (C=O) groups excluding carboxylic acids is 1. The molecule has 1 saturated carbocycles. The summed E-state index contributed by atoms with van der Waals surface area (Å²) in [6.45, 7) is 2.61. The molecule has 1 N–H and O–H groups in total. The quantitative estimate of drug-likeness (QED) is 0.759. The molecule has 7 heteroatoms. The Morgan fingerprint density at radius 1 is 1.48 bits per heavy atom. The van der Waals surface area contributed by atoms with Gasteiger partial charge in [-0.05, 0) is 25.2 Å². The summed E-state index contributed by atoms with van der Waals surface area (Å²) < 4.78 is 19.4. The lowest BCUT2D eigenvalue weighted by Gasteiger charge is -2.15. The van der Waals surface area contributed by atoms with Crippen LogP contribution in [0.15, 0.2) is 6.20 Å². The van der Waals surface area contributed by atoms with Crippen LogP contribution in [-0.4, -0.2) is 53.4 Å². The van der Waals surface area contributed by atoms with E-state index in [1.54, 1.807) is 0 Å². The van der Waals surface area contributed by atoms with Crippen LogP contribution in [0.3, 0.4) is 0 Å². The maximum atomic E-state index is 13.7. The number of halogens is 1. The van der Waals surface area contributed by atoms with E-state index in [2.05, 4.69) is 15.3 Å². The molecule has 1 saturated heterocycles. The molecule has 1 atom stereocenters. The van der Waals surface area contributed by atoms with Gasteiger partial charge in [-0.1, -0.05) is 0 Å². The predicted octanol–water partition coefficient (Wildman–Crippen LogP) is 1.09. The maximum absolute atomic E-state index is 13.7. The van der Waals surface area contributed by atoms with Crippen LogP contribution in [0, 0.1) is 11.7 Å². The monoisotopic (exact) mass is 294 g/mol. The van der Waals surface area contributed by atoms with Gasteiger partial charge in [-0.15, -0.1) is 0 Å². The fourth-order valence-electron chi connectivity index (χ4n) is 2.40. The highest BCUT2D eigenvalue weighted by Gasteiger charge is 2.25. The third-order valence-electron chi connectivity index (χ3n) is 3.80. The van der Waals surface area contributed by atoms with Crippen molar-refractivity contribution in [3.63, 3.8) is 0 Å². The minimum Gasteiger partial charge on any atom is -0.471 e. The van der Waals surface area contributed by atoms with Crippen molar-refractivity contribution < 1.29 is 13.9 Å². The summed E-state index contributed by atoms with van der Waals surface area (Å²) >= 11 is 0. The van der Waals surface area contributed by atoms with Crippen LogP contribution in [0.25, 0.3) is 0 Å². The highest BCUT2D eigenvalue weighted by atomic mass is 19.1. The smallest absolute Gasteiger partial charge is 0.255 e. The van der Waals surface area contributed by atoms with Gasteiger partial charge in [0.2, 0.25) is 11.8 Å². The van der Waals surface area contributed by atoms with E-state index in [4.69, 9.17) is 4.74 Å². The molecule has 1 unspecified atom stereocenters. The number of likely N-dealkylation sites (tertiary alicyclic amines) is 1. The van der Waals surface area contributed by atoms with Crippen molar-refractivity contribution in [2.24, 2.45) is 5.92 Å². The first-order valence-corrected chi connectivity index (χ1v) is 7.33. The summed E-state index contributed by atoms with van der Waals surface area (Å²) in [7, 11) is 0. The first kappa shape index (κ1) is 14.2. The van der Waals surface area contributed by atoms with E-state index in [1.807, 2.05) is 4.90 Å². The Bertz CT molecular complexity index is 510. The highest BCUT2D eigenvalue weighted by Crippen LogP contribution is 2.28. The van der Waals surface area contributed by atoms with Crippen LogP contribution in [0.1, 0.15) is 19.3 Å². The van der Waals surface area contributed by atoms with Gasteiger partial charge < -0.3 is 14.8 Å². The Labute approximate surface area is 122 Å². The molecule has 3 rings (SSSR count). The van der Waals surface area contributed by atoms with E-state index in [0.29, 0.717) is 25.0 Å². The molecule has 1 aliphatic carbocycles. The number of nitrogens with zero attached hydrogens (tertiary/aromatic N) is 3. The molecule has 6 nitrogen and oxygen atoms in total. The zero-order valence-electron chi connectivity index (χ0n) is 11.8. The fourth-order valence-corrected chi connectivity index (χ4v) is 2.40. The Hall–Kier alpha value is -1.76. The first-order chi connectivity index (χ1) is 10.2. The zero-order valence-corrected chi connectivity index (χ0v) is 11.8. The van der Waals surface area contributed by atoms with Crippen molar-refractivity contribution in [2.45, 2.75) is 25.4 Å². The van der Waals surface area contributed by atoms with Crippen molar-refractivity contribution in [3.05, 3.63) is 12.0 Å². The topological polar surface area (TPSA) is 67.4 Å². The van der Waals surface area contributed by atoms with E-state index < -0.39 is 5.82 Å². The minimum atomic E-state index is -0.555. The van der Waals surface area contributed by atoms with Gasteiger partial charge in [-0.2, -0.15) is 9.37 Å². The number of hydrogen-bond donors (Lipinski definition) is 1. The average molecular weight is 294 g/mol. The van der Waals surface area contributed by atoms with Crippen LogP contribution in [-0.2, 0) is 4.79 Å². The molecule has 2 fully saturated rings. The third-order valence-corrected chi connectivity index (χ3v) is 3.80. The van der Waals surface area contributed by atoms with E-state index >= 15 is 0 Å². The van der Waals surface area contributed by atoms with Crippen LogP contribution < -0.4 is 10.1 Å². The second-order valence-corrected chi connectivity index (χ2v) is 5.63. The number of aldehydes is 1. The van der Waals surface area contributed by atoms with Crippen LogP contribution in [0.2, 0.25) is 0 Å². The van der Waals surface area contributed by atoms with Gasteiger partial charge in [0.05, 0.1) is 12.7 Å². The largest absolute Gasteiger partial charge is 0.471 e. The zero-order chi connectivity index (χ0) is 14.7. The Morgan fingerprint density at radius 2 is 2.33 bits per heavy atom. The fraction of sp³-hybridized carbons (Fsp3) is 0.643. The summed E-state index contributed by atoms with van der Waals surface area (Å²) in [5.41, 5.74) is 0. The molecule has 1 aliphatic heterocycles. The maximum Gasteiger partial charge on any atom is 0.255 e. The molecule has 0 bridgehead atoms. The molecule has 114 valence electrons. The molecule has 0 aromatic carbocycles. The number of hydrogen-bond acceptors (Lipinski definition) is 6. The van der Waals surface area contributed by atoms with Gasteiger partial charge in [0, 0.05) is 19.6 Å². The Balaban J connectivity index is 1.58. The van der Waals surface area contributed by atoms with Crippen molar-refractivity contribution in [2.75, 3.05) is 31.5 Å². The van der Waals surface area contributed by atoms with Crippen LogP contribution in [0.4, 0.5) is 10.3 Å². The summed E-state index contributed by atoms with van der Waals surface area (Å²) in [6, 6.07) is 0. The standard InChI is InChI=1S/C14H19FN4O2/c15-12-8-17-14(16-7-10-1-2-10)18-13(12)21-11-3-4-19(9-11)5-6-20/h6,8,10-11H,1-5,7,9H2,(H,16,17,18). The molecular weight excluding hydrogens is 275 g/mol. The number of ether oxygens (including phenoxy) is 1. The number of aromatic nitrogens is 2. The highest BCUT2D eigenvalue weighted by molar-refractivity contribution is 5.52. The Kier molecular flexibility index (Phi) is 4.28. The lowest BCUT2D eigenvalue weighted by molar-refractivity contribution is -0.108. The first-order valence-electron chi connectivity index (χ1n) is 7.33. The molecule has 1 aromatic rings. The molecule has 2 heterocycles. The SMILES string of the molecule is O=CCN1CCC(Oc2nc(NCC3CC3)ncc2F)C1. The molecular formula is C14H19FN4O2. The molecule has 0 radical (unpaired) electrons. The number of anilines is 1. The van der Waals surface area contributed by atoms with Gasteiger partial charge in [0.15, 0.2) is 0 Å². The molecule has 1 aromatic heterocycles. The lowest BCUT2D eigenvalue weighted by atomic mass is 10.3. The predicted molar refractivity (Wildman–Crippen MR) is 74.7 cm³/mol. The number of carbonyl (C=O) groups is 1. The second-order valence-electron chi connectivity index (χ2n) is 5.63. The summed E-state index contributed by atoms with van der Waals surface area (Å²) in [5.74, 6) is 0.526. The van der Waals surface area contributed by atoms with E-state index in [-0.39, 0.29) is 12.0 Å². The van der Waals surface area contributed by atoms with Gasteiger partial charge in [0.1, 0.15) is 12.4 Å². The van der Waals surface area contributed by atoms with Crippen molar-refractivity contribution >= 4 is 12.2 Å². The lowest BCUT2D eigenvalue weighted by Crippen LogP contribution is -2.26. The summed E-state index contributed by atoms with van der Waals surface area (Å²) in [6.07, 6.45) is 5.09. The molecule has 0 amide bonds. The van der Waals surface area contributed by atoms with Gasteiger partial charge in [0.25, 0.3) is 5.88 Å². The average Bonchev–Trinajstić information content (AvgIpc) is 3.21. The summed E-state index contributed by atoms with van der Waals surface area (Å²) in [4.78, 5) is 20.5. The van der Waals surface area contributed by atoms with Crippen molar-refractivity contribution in [3.8, 4) is 5.88 Å². The second kappa shape index (κ2) is 6.34. The number of nitrogens with one attached hydrogen (secondary N) is 1. The van der Waals surface area contributed by atoms with Crippen LogP contribution >= 0.6 is 0 Å². The molecule has 0 spiro atoms. The molecule has 21 heavy (non-hydrogen) atoms. The number of rotatable bonds is 7. The van der Waals surface area contributed by atoms with Gasteiger partial charge >= 0.3 is 0 Å². The van der Waals surface area contributed by atoms with Gasteiger partial charge in [-0.3, -0.25) is 4.90 Å². The normalized spacial score (nSPS) is 22.2.